The molecule has 5 aliphatic carbocycles. The lowest BCUT2D eigenvalue weighted by atomic mass is 9.33. The van der Waals surface area contributed by atoms with Crippen LogP contribution < -0.4 is 0 Å². The highest BCUT2D eigenvalue weighted by Crippen LogP contribution is 2.75. The minimum Gasteiger partial charge on any atom is -0.462 e. The summed E-state index contributed by atoms with van der Waals surface area (Å²) in [6, 6.07) is 0. The Bertz CT molecular complexity index is 897. The van der Waals surface area contributed by atoms with Crippen LogP contribution in [0.4, 0.5) is 0 Å². The Hall–Kier alpha value is -0.790. The van der Waals surface area contributed by atoms with Crippen LogP contribution in [0, 0.1) is 50.2 Å². The molecule has 0 aromatic heterocycles. The second kappa shape index (κ2) is 7.38. The molecule has 0 unspecified atom stereocenters. The number of hydrogen-bond acceptors (Lipinski definition) is 2. The minimum absolute atomic E-state index is 0.0451. The molecule has 8 atom stereocenters. The zero-order valence-corrected chi connectivity index (χ0v) is 23.8. The number of esters is 1. The first kappa shape index (κ1) is 24.9. The van der Waals surface area contributed by atoms with Crippen molar-refractivity contribution in [2.45, 2.75) is 133 Å². The number of rotatable bonds is 1. The lowest BCUT2D eigenvalue weighted by Crippen LogP contribution is -2.64. The third-order valence-corrected chi connectivity index (χ3v) is 13.3. The molecule has 2 nitrogen and oxygen atoms in total. The van der Waals surface area contributed by atoms with Crippen molar-refractivity contribution in [1.29, 1.82) is 0 Å². The summed E-state index contributed by atoms with van der Waals surface area (Å²) in [4.78, 5) is 11.9. The Morgan fingerprint density at radius 1 is 0.853 bits per heavy atom. The second-order valence-electron chi connectivity index (χ2n) is 15.8. The van der Waals surface area contributed by atoms with Gasteiger partial charge in [-0.2, -0.15) is 0 Å². The molecule has 0 aliphatic heterocycles. The summed E-state index contributed by atoms with van der Waals surface area (Å²) >= 11 is 0. The van der Waals surface area contributed by atoms with Crippen molar-refractivity contribution in [3.05, 3.63) is 11.6 Å². The van der Waals surface area contributed by atoms with E-state index < -0.39 is 0 Å². The van der Waals surface area contributed by atoms with Crippen LogP contribution in [0.25, 0.3) is 0 Å². The van der Waals surface area contributed by atoms with Crippen LogP contribution in [0.5, 0.6) is 0 Å². The number of allylic oxidation sites excluding steroid dienone is 2. The third-order valence-electron chi connectivity index (χ3n) is 13.3. The highest BCUT2D eigenvalue weighted by molar-refractivity contribution is 5.66. The van der Waals surface area contributed by atoms with Gasteiger partial charge in [-0.25, -0.2) is 0 Å². The second-order valence-corrected chi connectivity index (χ2v) is 15.8. The van der Waals surface area contributed by atoms with Crippen LogP contribution in [0.1, 0.15) is 127 Å². The van der Waals surface area contributed by atoms with E-state index in [2.05, 4.69) is 61.5 Å². The Balaban J connectivity index is 1.53. The largest absolute Gasteiger partial charge is 0.462 e. The highest BCUT2D eigenvalue weighted by Gasteiger charge is 2.68. The topological polar surface area (TPSA) is 26.3 Å². The Morgan fingerprint density at radius 2 is 1.53 bits per heavy atom. The van der Waals surface area contributed by atoms with Gasteiger partial charge in [0.1, 0.15) is 6.10 Å². The average Bonchev–Trinajstić information content (AvgIpc) is 2.72. The van der Waals surface area contributed by atoms with Crippen molar-refractivity contribution in [2.75, 3.05) is 0 Å². The third kappa shape index (κ3) is 3.21. The molecule has 5 rings (SSSR count). The van der Waals surface area contributed by atoms with Crippen molar-refractivity contribution in [3.63, 3.8) is 0 Å². The van der Waals surface area contributed by atoms with E-state index in [-0.39, 0.29) is 17.5 Å². The average molecular weight is 469 g/mol. The van der Waals surface area contributed by atoms with Crippen LogP contribution >= 0.6 is 0 Å². The fourth-order valence-electron chi connectivity index (χ4n) is 10.9. The molecule has 192 valence electrons. The molecule has 2 heteroatoms. The number of fused-ring (bicyclic) bond motifs is 7. The molecule has 0 saturated heterocycles. The molecule has 0 aromatic rings. The van der Waals surface area contributed by atoms with Gasteiger partial charge in [0, 0.05) is 12.3 Å². The van der Waals surface area contributed by atoms with Gasteiger partial charge in [-0.3, -0.25) is 4.79 Å². The summed E-state index contributed by atoms with van der Waals surface area (Å²) < 4.78 is 5.91. The molecule has 34 heavy (non-hydrogen) atoms. The van der Waals surface area contributed by atoms with Crippen LogP contribution in [-0.2, 0) is 9.53 Å². The fourth-order valence-corrected chi connectivity index (χ4v) is 10.9. The summed E-state index contributed by atoms with van der Waals surface area (Å²) in [6.45, 7) is 22.0. The normalized spacial score (nSPS) is 51.1. The van der Waals surface area contributed by atoms with E-state index in [0.29, 0.717) is 33.0 Å². The maximum Gasteiger partial charge on any atom is 0.302 e. The molecule has 0 radical (unpaired) electrons. The van der Waals surface area contributed by atoms with Crippen LogP contribution in [-0.4, -0.2) is 12.1 Å². The molecule has 4 saturated carbocycles. The summed E-state index contributed by atoms with van der Waals surface area (Å²) in [5, 5.41) is 0. The molecule has 5 aliphatic rings. The van der Waals surface area contributed by atoms with Gasteiger partial charge in [-0.1, -0.05) is 67.0 Å². The molecule has 0 spiro atoms. The van der Waals surface area contributed by atoms with Gasteiger partial charge in [0.15, 0.2) is 0 Å². The fraction of sp³-hybridized carbons (Fsp3) is 0.906. The number of ether oxygens (including phenoxy) is 1. The molecule has 0 aromatic carbocycles. The Morgan fingerprint density at radius 3 is 2.21 bits per heavy atom. The SMILES string of the molecule is CC(=O)O[C@@H]1CC[C@@]2(C)[C@H](CC[C@]3(C)[C@H]2CC=C2[C@@H]4CC(C)(C)CC[C@@]4(C)CC[C@@]23C)C1(C)C. The minimum atomic E-state index is -0.110. The van der Waals surface area contributed by atoms with Gasteiger partial charge in [0.05, 0.1) is 0 Å². The highest BCUT2D eigenvalue weighted by atomic mass is 16.5. The summed E-state index contributed by atoms with van der Waals surface area (Å²) in [5.74, 6) is 2.01. The van der Waals surface area contributed by atoms with Crippen molar-refractivity contribution in [2.24, 2.45) is 50.2 Å². The van der Waals surface area contributed by atoms with E-state index in [4.69, 9.17) is 4.74 Å². The van der Waals surface area contributed by atoms with Crippen molar-refractivity contribution in [1.82, 2.24) is 0 Å². The van der Waals surface area contributed by atoms with E-state index in [1.165, 1.54) is 57.8 Å². The predicted octanol–water partition coefficient (Wildman–Crippen LogP) is 8.74. The maximum absolute atomic E-state index is 11.9. The van der Waals surface area contributed by atoms with Gasteiger partial charge in [-0.15, -0.1) is 0 Å². The van der Waals surface area contributed by atoms with E-state index in [0.717, 1.165) is 18.3 Å². The quantitative estimate of drug-likeness (QED) is 0.284. The maximum atomic E-state index is 11.9. The van der Waals surface area contributed by atoms with Crippen molar-refractivity contribution < 1.29 is 9.53 Å². The Kier molecular flexibility index (Phi) is 5.40. The number of carbonyl (C=O) groups is 1. The standard InChI is InChI=1S/C32H52O2/c1-21(33)34-26-13-14-30(7)24(28(26,4)5)12-15-32(9)25(30)11-10-22-23-20-27(2,3)16-17-29(23,6)18-19-31(22,32)8/h10,23-26H,11-20H2,1-9H3/t23-,24+,25-,26+,29-,30-,31-,32+/m0/s1. The van der Waals surface area contributed by atoms with Gasteiger partial charge >= 0.3 is 5.97 Å². The smallest absolute Gasteiger partial charge is 0.302 e. The lowest BCUT2D eigenvalue weighted by molar-refractivity contribution is -0.211. The molecular weight excluding hydrogens is 416 g/mol. The van der Waals surface area contributed by atoms with Gasteiger partial charge in [0.25, 0.3) is 0 Å². The predicted molar refractivity (Wildman–Crippen MR) is 140 cm³/mol. The molecule has 4 fully saturated rings. The summed E-state index contributed by atoms with van der Waals surface area (Å²) in [5.41, 5.74) is 3.92. The van der Waals surface area contributed by atoms with Crippen molar-refractivity contribution >= 4 is 5.97 Å². The van der Waals surface area contributed by atoms with Gasteiger partial charge in [0.2, 0.25) is 0 Å². The first-order valence-corrected chi connectivity index (χ1v) is 14.5. The van der Waals surface area contributed by atoms with E-state index in [1.807, 2.05) is 5.57 Å². The number of hydrogen-bond donors (Lipinski definition) is 0. The van der Waals surface area contributed by atoms with E-state index in [1.54, 1.807) is 6.92 Å². The van der Waals surface area contributed by atoms with E-state index in [9.17, 15) is 4.79 Å². The van der Waals surface area contributed by atoms with Crippen LogP contribution in [0.2, 0.25) is 0 Å². The molecule has 0 bridgehead atoms. The van der Waals surface area contributed by atoms with Crippen LogP contribution in [0.15, 0.2) is 11.6 Å². The zero-order valence-electron chi connectivity index (χ0n) is 23.8. The number of carbonyl (C=O) groups excluding carboxylic acids is 1. The van der Waals surface area contributed by atoms with Crippen LogP contribution in [0.3, 0.4) is 0 Å². The molecular formula is C32H52O2. The molecule has 0 amide bonds. The molecule has 0 N–H and O–H groups in total. The van der Waals surface area contributed by atoms with Gasteiger partial charge < -0.3 is 4.74 Å². The summed E-state index contributed by atoms with van der Waals surface area (Å²) in [7, 11) is 0. The molecule has 0 heterocycles. The van der Waals surface area contributed by atoms with E-state index >= 15 is 0 Å². The summed E-state index contributed by atoms with van der Waals surface area (Å²) in [6.07, 6.45) is 15.9. The van der Waals surface area contributed by atoms with Gasteiger partial charge in [-0.05, 0) is 109 Å². The first-order valence-electron chi connectivity index (χ1n) is 14.5. The monoisotopic (exact) mass is 468 g/mol. The first-order chi connectivity index (χ1) is 15.6. The lowest BCUT2D eigenvalue weighted by Gasteiger charge is -2.71. The van der Waals surface area contributed by atoms with Crippen molar-refractivity contribution in [3.8, 4) is 0 Å². The zero-order chi connectivity index (χ0) is 24.9. The Labute approximate surface area is 210 Å².